The van der Waals surface area contributed by atoms with Gasteiger partial charge in [-0.3, -0.25) is 14.5 Å². The fourth-order valence-corrected chi connectivity index (χ4v) is 2.00. The molecule has 0 bridgehead atoms. The van der Waals surface area contributed by atoms with Gasteiger partial charge in [0.15, 0.2) is 11.6 Å². The molecule has 0 saturated carbocycles. The van der Waals surface area contributed by atoms with Crippen molar-refractivity contribution in [3.05, 3.63) is 35.4 Å². The lowest BCUT2D eigenvalue weighted by Crippen LogP contribution is -2.51. The van der Waals surface area contributed by atoms with Crippen LogP contribution in [0.5, 0.6) is 0 Å². The van der Waals surface area contributed by atoms with Crippen LogP contribution in [0.1, 0.15) is 18.4 Å². The Hall–Kier alpha value is -1.82. The van der Waals surface area contributed by atoms with Crippen LogP contribution in [0.4, 0.5) is 8.78 Å². The molecule has 1 unspecified atom stereocenters. The summed E-state index contributed by atoms with van der Waals surface area (Å²) in [7, 11) is 1.44. The lowest BCUT2D eigenvalue weighted by molar-refractivity contribution is -0.148. The van der Waals surface area contributed by atoms with E-state index in [-0.39, 0.29) is 18.4 Å². The van der Waals surface area contributed by atoms with Crippen molar-refractivity contribution in [3.63, 3.8) is 0 Å². The van der Waals surface area contributed by atoms with Gasteiger partial charge in [-0.15, -0.1) is 0 Å². The number of likely N-dealkylation sites (tertiary alicyclic amines) is 1. The number of hydrogen-bond donors (Lipinski definition) is 1. The Morgan fingerprint density at radius 2 is 2.05 bits per heavy atom. The van der Waals surface area contributed by atoms with Crippen LogP contribution in [0.25, 0.3) is 0 Å². The van der Waals surface area contributed by atoms with Gasteiger partial charge < -0.3 is 5.32 Å². The molecule has 2 amide bonds. The van der Waals surface area contributed by atoms with Crippen molar-refractivity contribution >= 4 is 11.8 Å². The molecule has 6 heteroatoms. The maximum atomic E-state index is 13.0. The van der Waals surface area contributed by atoms with E-state index in [1.165, 1.54) is 13.1 Å². The molecule has 0 spiro atoms. The number of imide groups is 1. The highest BCUT2D eigenvalue weighted by Crippen LogP contribution is 2.13. The molecule has 1 aromatic rings. The molecule has 1 fully saturated rings. The monoisotopic (exact) mass is 268 g/mol. The van der Waals surface area contributed by atoms with Crippen molar-refractivity contribution in [1.82, 2.24) is 10.2 Å². The fourth-order valence-electron chi connectivity index (χ4n) is 2.00. The van der Waals surface area contributed by atoms with E-state index in [4.69, 9.17) is 0 Å². The zero-order valence-electron chi connectivity index (χ0n) is 10.5. The zero-order valence-corrected chi connectivity index (χ0v) is 10.5. The molecule has 1 saturated heterocycles. The Balaban J connectivity index is 1.97. The Morgan fingerprint density at radius 1 is 1.32 bits per heavy atom. The average molecular weight is 268 g/mol. The first-order chi connectivity index (χ1) is 8.99. The lowest BCUT2D eigenvalue weighted by atomic mass is 10.0. The zero-order chi connectivity index (χ0) is 14.0. The topological polar surface area (TPSA) is 49.4 Å². The van der Waals surface area contributed by atoms with E-state index in [1.54, 1.807) is 0 Å². The number of nitrogens with one attached hydrogen (secondary N) is 1. The first-order valence-corrected chi connectivity index (χ1v) is 5.96. The molecular weight excluding hydrogens is 254 g/mol. The molecule has 1 atom stereocenters. The molecule has 1 aliphatic heterocycles. The average Bonchev–Trinajstić information content (AvgIpc) is 2.39. The lowest BCUT2D eigenvalue weighted by Gasteiger charge is -2.28. The van der Waals surface area contributed by atoms with Crippen LogP contribution in [-0.2, 0) is 16.1 Å². The molecule has 1 heterocycles. The number of carbonyl (C=O) groups excluding carboxylic acids is 2. The normalized spacial score (nSPS) is 19.9. The van der Waals surface area contributed by atoms with E-state index in [2.05, 4.69) is 5.32 Å². The van der Waals surface area contributed by atoms with Gasteiger partial charge in [0.25, 0.3) is 0 Å². The van der Waals surface area contributed by atoms with Crippen molar-refractivity contribution in [3.8, 4) is 0 Å². The van der Waals surface area contributed by atoms with Gasteiger partial charge in [0.2, 0.25) is 11.8 Å². The van der Waals surface area contributed by atoms with Crippen molar-refractivity contribution < 1.29 is 18.4 Å². The Morgan fingerprint density at radius 3 is 2.74 bits per heavy atom. The molecule has 19 heavy (non-hydrogen) atoms. The SMILES string of the molecule is CN1C(=O)CCC(NCc2ccc(F)c(F)c2)C1=O. The van der Waals surface area contributed by atoms with Crippen molar-refractivity contribution in [2.24, 2.45) is 0 Å². The van der Waals surface area contributed by atoms with E-state index in [0.29, 0.717) is 18.4 Å². The second kappa shape index (κ2) is 5.44. The third-order valence-corrected chi connectivity index (χ3v) is 3.19. The third-order valence-electron chi connectivity index (χ3n) is 3.19. The second-order valence-corrected chi connectivity index (χ2v) is 4.51. The minimum absolute atomic E-state index is 0.198. The standard InChI is InChI=1S/C13H14F2N2O2/c1-17-12(18)5-4-11(13(17)19)16-7-8-2-3-9(14)10(15)6-8/h2-3,6,11,16H,4-5,7H2,1H3. The molecule has 0 radical (unpaired) electrons. The van der Waals surface area contributed by atoms with Crippen LogP contribution in [0.2, 0.25) is 0 Å². The van der Waals surface area contributed by atoms with Crippen molar-refractivity contribution in [2.45, 2.75) is 25.4 Å². The number of benzene rings is 1. The first-order valence-electron chi connectivity index (χ1n) is 5.96. The van der Waals surface area contributed by atoms with Crippen molar-refractivity contribution in [1.29, 1.82) is 0 Å². The van der Waals surface area contributed by atoms with E-state index >= 15 is 0 Å². The predicted octanol–water partition coefficient (Wildman–Crippen LogP) is 1.20. The van der Waals surface area contributed by atoms with Crippen LogP contribution >= 0.6 is 0 Å². The van der Waals surface area contributed by atoms with Crippen LogP contribution in [0, 0.1) is 11.6 Å². The molecule has 2 rings (SSSR count). The summed E-state index contributed by atoms with van der Waals surface area (Å²) >= 11 is 0. The summed E-state index contributed by atoms with van der Waals surface area (Å²) in [5.41, 5.74) is 0.547. The highest BCUT2D eigenvalue weighted by atomic mass is 19.2. The number of carbonyl (C=O) groups is 2. The Bertz CT molecular complexity index is 519. The van der Waals surface area contributed by atoms with Crippen molar-refractivity contribution in [2.75, 3.05) is 7.05 Å². The molecule has 1 aromatic carbocycles. The molecule has 1 aliphatic rings. The van der Waals surface area contributed by atoms with Crippen LogP contribution in [-0.4, -0.2) is 29.8 Å². The van der Waals surface area contributed by atoms with Gasteiger partial charge in [-0.05, 0) is 24.1 Å². The number of rotatable bonds is 3. The highest BCUT2D eigenvalue weighted by molar-refractivity contribution is 6.00. The highest BCUT2D eigenvalue weighted by Gasteiger charge is 2.31. The van der Waals surface area contributed by atoms with Gasteiger partial charge >= 0.3 is 0 Å². The molecule has 4 nitrogen and oxygen atoms in total. The van der Waals surface area contributed by atoms with E-state index in [1.807, 2.05) is 0 Å². The molecule has 0 aromatic heterocycles. The van der Waals surface area contributed by atoms with Gasteiger partial charge in [0.1, 0.15) is 0 Å². The van der Waals surface area contributed by atoms with Crippen LogP contribution in [0.3, 0.4) is 0 Å². The largest absolute Gasteiger partial charge is 0.302 e. The summed E-state index contributed by atoms with van der Waals surface area (Å²) in [6.07, 6.45) is 0.726. The quantitative estimate of drug-likeness (QED) is 0.838. The molecule has 1 N–H and O–H groups in total. The molecule has 0 aliphatic carbocycles. The number of nitrogens with zero attached hydrogens (tertiary/aromatic N) is 1. The summed E-state index contributed by atoms with van der Waals surface area (Å²) in [6.45, 7) is 0.246. The summed E-state index contributed by atoms with van der Waals surface area (Å²) in [4.78, 5) is 24.2. The number of likely N-dealkylation sites (N-methyl/N-ethyl adjacent to an activating group) is 1. The maximum Gasteiger partial charge on any atom is 0.246 e. The third kappa shape index (κ3) is 2.96. The Kier molecular flexibility index (Phi) is 3.90. The minimum atomic E-state index is -0.915. The predicted molar refractivity (Wildman–Crippen MR) is 64.0 cm³/mol. The van der Waals surface area contributed by atoms with Crippen LogP contribution < -0.4 is 5.32 Å². The van der Waals surface area contributed by atoms with Gasteiger partial charge in [0.05, 0.1) is 6.04 Å². The van der Waals surface area contributed by atoms with Gasteiger partial charge in [0, 0.05) is 20.0 Å². The van der Waals surface area contributed by atoms with Gasteiger partial charge in [-0.2, -0.15) is 0 Å². The molecule has 102 valence electrons. The Labute approximate surface area is 109 Å². The fraction of sp³-hybridized carbons (Fsp3) is 0.385. The summed E-state index contributed by atoms with van der Waals surface area (Å²) < 4.78 is 25.8. The minimum Gasteiger partial charge on any atom is -0.302 e. The number of halogens is 2. The second-order valence-electron chi connectivity index (χ2n) is 4.51. The van der Waals surface area contributed by atoms with Crippen LogP contribution in [0.15, 0.2) is 18.2 Å². The smallest absolute Gasteiger partial charge is 0.246 e. The molecular formula is C13H14F2N2O2. The van der Waals surface area contributed by atoms with E-state index in [0.717, 1.165) is 17.0 Å². The van der Waals surface area contributed by atoms with Gasteiger partial charge in [-0.25, -0.2) is 8.78 Å². The maximum absolute atomic E-state index is 13.0. The van der Waals surface area contributed by atoms with E-state index in [9.17, 15) is 18.4 Å². The summed E-state index contributed by atoms with van der Waals surface area (Å²) in [5, 5.41) is 2.95. The number of piperidine rings is 1. The number of hydrogen-bond acceptors (Lipinski definition) is 3. The van der Waals surface area contributed by atoms with E-state index < -0.39 is 17.7 Å². The number of amides is 2. The summed E-state index contributed by atoms with van der Waals surface area (Å²) in [5.74, 6) is -2.31. The van der Waals surface area contributed by atoms with Gasteiger partial charge in [-0.1, -0.05) is 6.07 Å². The summed E-state index contributed by atoms with van der Waals surface area (Å²) in [6, 6.07) is 3.12. The first kappa shape index (κ1) is 13.6.